The van der Waals surface area contributed by atoms with Crippen LogP contribution in [0.25, 0.3) is 10.8 Å². The Bertz CT molecular complexity index is 838. The Morgan fingerprint density at radius 2 is 1.82 bits per heavy atom. The second kappa shape index (κ2) is 5.89. The second-order valence-electron chi connectivity index (χ2n) is 5.15. The van der Waals surface area contributed by atoms with Gasteiger partial charge in [-0.15, -0.1) is 0 Å². The third-order valence-corrected chi connectivity index (χ3v) is 4.36. The molecule has 1 aromatic heterocycles. The van der Waals surface area contributed by atoms with Crippen molar-refractivity contribution >= 4 is 38.3 Å². The molecule has 0 atom stereocenters. The van der Waals surface area contributed by atoms with Crippen LogP contribution in [0, 0.1) is 6.92 Å². The molecule has 0 saturated carbocycles. The van der Waals surface area contributed by atoms with Gasteiger partial charge in [-0.25, -0.2) is 0 Å². The maximum absolute atomic E-state index is 12.8. The highest BCUT2D eigenvalue weighted by Crippen LogP contribution is 2.29. The molecule has 3 nitrogen and oxygen atoms in total. The highest BCUT2D eigenvalue weighted by molar-refractivity contribution is 9.10. The third kappa shape index (κ3) is 2.50. The highest BCUT2D eigenvalue weighted by Gasteiger charge is 2.19. The summed E-state index contributed by atoms with van der Waals surface area (Å²) >= 11 is 3.56. The van der Waals surface area contributed by atoms with Gasteiger partial charge in [-0.1, -0.05) is 46.3 Å². The predicted octanol–water partition coefficient (Wildman–Crippen LogP) is 4.58. The first-order valence-electron chi connectivity index (χ1n) is 6.96. The summed E-state index contributed by atoms with van der Waals surface area (Å²) in [4.78, 5) is 18.8. The zero-order valence-corrected chi connectivity index (χ0v) is 14.0. The third-order valence-electron chi connectivity index (χ3n) is 3.70. The molecule has 0 radical (unpaired) electrons. The Kier molecular flexibility index (Phi) is 3.94. The predicted molar refractivity (Wildman–Crippen MR) is 93.4 cm³/mol. The molecule has 0 spiro atoms. The number of hydrogen-bond donors (Lipinski definition) is 0. The van der Waals surface area contributed by atoms with E-state index in [9.17, 15) is 4.79 Å². The number of nitrogens with zero attached hydrogens (tertiary/aromatic N) is 2. The summed E-state index contributed by atoms with van der Waals surface area (Å²) in [6.07, 6.45) is 1.75. The molecule has 0 N–H and O–H groups in total. The number of pyridine rings is 1. The van der Waals surface area contributed by atoms with Crippen LogP contribution in [0.1, 0.15) is 16.1 Å². The van der Waals surface area contributed by atoms with Gasteiger partial charge >= 0.3 is 0 Å². The smallest absolute Gasteiger partial charge is 0.277 e. The van der Waals surface area contributed by atoms with E-state index in [1.54, 1.807) is 18.1 Å². The molecule has 3 aromatic rings. The molecule has 0 bridgehead atoms. The van der Waals surface area contributed by atoms with Crippen LogP contribution >= 0.6 is 15.9 Å². The Labute approximate surface area is 137 Å². The minimum absolute atomic E-state index is 0.116. The Morgan fingerprint density at radius 1 is 1.09 bits per heavy atom. The van der Waals surface area contributed by atoms with Gasteiger partial charge < -0.3 is 4.90 Å². The standard InChI is InChI=1S/C18H15BrN2O/c1-12-11-20-17(14-9-6-10-15(19)16(12)14)18(22)21(2)13-7-4-3-5-8-13/h3-11H,1-2H3. The lowest BCUT2D eigenvalue weighted by atomic mass is 10.1. The number of aryl methyl sites for hydroxylation is 1. The fraction of sp³-hybridized carbons (Fsp3) is 0.111. The van der Waals surface area contributed by atoms with Gasteiger partial charge in [0.1, 0.15) is 5.69 Å². The number of benzene rings is 2. The van der Waals surface area contributed by atoms with E-state index >= 15 is 0 Å². The van der Waals surface area contributed by atoms with Crippen molar-refractivity contribution in [1.29, 1.82) is 0 Å². The highest BCUT2D eigenvalue weighted by atomic mass is 79.9. The average Bonchev–Trinajstić information content (AvgIpc) is 2.55. The first-order chi connectivity index (χ1) is 10.6. The van der Waals surface area contributed by atoms with Crippen LogP contribution in [0.3, 0.4) is 0 Å². The summed E-state index contributed by atoms with van der Waals surface area (Å²) in [6, 6.07) is 15.4. The van der Waals surface area contributed by atoms with Crippen LogP contribution in [-0.4, -0.2) is 17.9 Å². The molecule has 0 saturated heterocycles. The molecule has 1 heterocycles. The van der Waals surface area contributed by atoms with Gasteiger partial charge in [0.25, 0.3) is 5.91 Å². The number of para-hydroxylation sites is 1. The molecule has 3 rings (SSSR count). The van der Waals surface area contributed by atoms with Crippen LogP contribution in [-0.2, 0) is 0 Å². The molecule has 2 aromatic carbocycles. The first kappa shape index (κ1) is 14.7. The normalized spacial score (nSPS) is 10.7. The van der Waals surface area contributed by atoms with Crippen molar-refractivity contribution in [3.63, 3.8) is 0 Å². The summed E-state index contributed by atoms with van der Waals surface area (Å²) < 4.78 is 0.973. The fourth-order valence-corrected chi connectivity index (χ4v) is 3.19. The molecule has 0 aliphatic rings. The van der Waals surface area contributed by atoms with Crippen molar-refractivity contribution in [3.8, 4) is 0 Å². The Balaban J connectivity index is 2.13. The molecule has 0 aliphatic heterocycles. The van der Waals surface area contributed by atoms with E-state index in [4.69, 9.17) is 0 Å². The Hall–Kier alpha value is -2.20. The maximum atomic E-state index is 12.8. The number of carbonyl (C=O) groups excluding carboxylic acids is 1. The van der Waals surface area contributed by atoms with Crippen molar-refractivity contribution in [3.05, 3.63) is 70.5 Å². The molecule has 110 valence electrons. The van der Waals surface area contributed by atoms with Gasteiger partial charge in [0, 0.05) is 34.2 Å². The largest absolute Gasteiger partial charge is 0.310 e. The van der Waals surface area contributed by atoms with Crippen molar-refractivity contribution < 1.29 is 4.79 Å². The van der Waals surface area contributed by atoms with Crippen molar-refractivity contribution in [2.45, 2.75) is 6.92 Å². The van der Waals surface area contributed by atoms with Gasteiger partial charge in [-0.3, -0.25) is 9.78 Å². The van der Waals surface area contributed by atoms with E-state index in [-0.39, 0.29) is 5.91 Å². The number of anilines is 1. The minimum atomic E-state index is -0.116. The summed E-state index contributed by atoms with van der Waals surface area (Å²) in [6.45, 7) is 2.00. The van der Waals surface area contributed by atoms with E-state index < -0.39 is 0 Å². The number of amides is 1. The number of hydrogen-bond acceptors (Lipinski definition) is 2. The van der Waals surface area contributed by atoms with E-state index in [1.165, 1.54) is 0 Å². The minimum Gasteiger partial charge on any atom is -0.310 e. The number of aromatic nitrogens is 1. The second-order valence-corrected chi connectivity index (χ2v) is 6.01. The van der Waals surface area contributed by atoms with Gasteiger partial charge in [-0.05, 0) is 30.7 Å². The molecular weight excluding hydrogens is 340 g/mol. The lowest BCUT2D eigenvalue weighted by Crippen LogP contribution is -2.27. The molecule has 0 aliphatic carbocycles. The maximum Gasteiger partial charge on any atom is 0.277 e. The molecular formula is C18H15BrN2O. The van der Waals surface area contributed by atoms with Crippen molar-refractivity contribution in [2.75, 3.05) is 11.9 Å². The van der Waals surface area contributed by atoms with Gasteiger partial charge in [0.05, 0.1) is 0 Å². The molecule has 0 unspecified atom stereocenters. The molecule has 22 heavy (non-hydrogen) atoms. The van der Waals surface area contributed by atoms with E-state index in [0.29, 0.717) is 5.69 Å². The fourth-order valence-electron chi connectivity index (χ4n) is 2.52. The van der Waals surface area contributed by atoms with E-state index in [0.717, 1.165) is 26.5 Å². The molecule has 0 fully saturated rings. The topological polar surface area (TPSA) is 33.2 Å². The number of rotatable bonds is 2. The summed E-state index contributed by atoms with van der Waals surface area (Å²) in [5.74, 6) is -0.116. The average molecular weight is 355 g/mol. The molecule has 4 heteroatoms. The van der Waals surface area contributed by atoms with Crippen LogP contribution in [0.2, 0.25) is 0 Å². The van der Waals surface area contributed by atoms with Gasteiger partial charge in [0.15, 0.2) is 0 Å². The lowest BCUT2D eigenvalue weighted by Gasteiger charge is -2.18. The number of halogens is 1. The van der Waals surface area contributed by atoms with Crippen LogP contribution in [0.5, 0.6) is 0 Å². The lowest BCUT2D eigenvalue weighted by molar-refractivity contribution is 0.0990. The quantitative estimate of drug-likeness (QED) is 0.674. The number of fused-ring (bicyclic) bond motifs is 1. The monoisotopic (exact) mass is 354 g/mol. The number of carbonyl (C=O) groups is 1. The zero-order valence-electron chi connectivity index (χ0n) is 12.4. The first-order valence-corrected chi connectivity index (χ1v) is 7.76. The zero-order chi connectivity index (χ0) is 15.7. The van der Waals surface area contributed by atoms with Crippen LogP contribution in [0.4, 0.5) is 5.69 Å². The van der Waals surface area contributed by atoms with E-state index in [2.05, 4.69) is 20.9 Å². The summed E-state index contributed by atoms with van der Waals surface area (Å²) in [7, 11) is 1.77. The summed E-state index contributed by atoms with van der Waals surface area (Å²) in [5.41, 5.74) is 2.35. The van der Waals surface area contributed by atoms with Crippen LogP contribution < -0.4 is 4.90 Å². The van der Waals surface area contributed by atoms with Crippen molar-refractivity contribution in [2.24, 2.45) is 0 Å². The van der Waals surface area contributed by atoms with Crippen LogP contribution in [0.15, 0.2) is 59.2 Å². The van der Waals surface area contributed by atoms with E-state index in [1.807, 2.05) is 55.5 Å². The van der Waals surface area contributed by atoms with Gasteiger partial charge in [-0.2, -0.15) is 0 Å². The summed E-state index contributed by atoms with van der Waals surface area (Å²) in [5, 5.41) is 1.89. The molecule has 1 amide bonds. The Morgan fingerprint density at radius 3 is 2.55 bits per heavy atom. The van der Waals surface area contributed by atoms with Gasteiger partial charge in [0.2, 0.25) is 0 Å². The SMILES string of the molecule is Cc1cnc(C(=O)N(C)c2ccccc2)c2cccc(Br)c12. The van der Waals surface area contributed by atoms with Crippen molar-refractivity contribution in [1.82, 2.24) is 4.98 Å².